The Labute approximate surface area is 62.5 Å². The summed E-state index contributed by atoms with van der Waals surface area (Å²) in [5, 5.41) is 15.5. The average Bonchev–Trinajstić information content (AvgIpc) is 1.88. The summed E-state index contributed by atoms with van der Waals surface area (Å²) < 4.78 is 0. The van der Waals surface area contributed by atoms with Crippen molar-refractivity contribution in [1.29, 1.82) is 5.26 Å². The summed E-state index contributed by atoms with van der Waals surface area (Å²) >= 11 is 5.49. The number of rotatable bonds is 0. The van der Waals surface area contributed by atoms with Crippen LogP contribution in [0.5, 0.6) is 0 Å². The lowest BCUT2D eigenvalue weighted by molar-refractivity contribution is 0.894. The number of hydrogen-bond donors (Lipinski definition) is 0. The standard InChI is InChI=1S/C5H3ClN4/c1-3-8-5(6)4(2-7)10-9-3/h1H3. The number of halogens is 1. The van der Waals surface area contributed by atoms with Crippen LogP contribution in [0.25, 0.3) is 0 Å². The van der Waals surface area contributed by atoms with E-state index in [1.165, 1.54) is 0 Å². The predicted octanol–water partition coefficient (Wildman–Crippen LogP) is 0.705. The van der Waals surface area contributed by atoms with E-state index in [9.17, 15) is 0 Å². The molecular weight excluding hydrogens is 152 g/mol. The molecule has 0 amide bonds. The minimum atomic E-state index is 0.0623. The number of nitriles is 1. The Morgan fingerprint density at radius 2 is 2.20 bits per heavy atom. The molecule has 0 N–H and O–H groups in total. The molecule has 1 heterocycles. The average molecular weight is 155 g/mol. The zero-order valence-corrected chi connectivity index (χ0v) is 5.92. The SMILES string of the molecule is Cc1nnc(C#N)c(Cl)n1. The van der Waals surface area contributed by atoms with Crippen molar-refractivity contribution in [1.82, 2.24) is 15.2 Å². The first kappa shape index (κ1) is 6.90. The summed E-state index contributed by atoms with van der Waals surface area (Å²) in [7, 11) is 0. The molecule has 0 radical (unpaired) electrons. The zero-order chi connectivity index (χ0) is 7.56. The van der Waals surface area contributed by atoms with Crippen LogP contribution in [-0.4, -0.2) is 15.2 Å². The zero-order valence-electron chi connectivity index (χ0n) is 5.17. The van der Waals surface area contributed by atoms with Gasteiger partial charge in [0, 0.05) is 0 Å². The molecule has 0 spiro atoms. The van der Waals surface area contributed by atoms with E-state index in [0.29, 0.717) is 5.82 Å². The molecule has 0 unspecified atom stereocenters. The van der Waals surface area contributed by atoms with Gasteiger partial charge in [0.1, 0.15) is 11.9 Å². The Hall–Kier alpha value is -1.21. The highest BCUT2D eigenvalue weighted by Crippen LogP contribution is 2.06. The fraction of sp³-hybridized carbons (Fsp3) is 0.200. The van der Waals surface area contributed by atoms with E-state index in [1.807, 2.05) is 0 Å². The second-order valence-electron chi connectivity index (χ2n) is 1.61. The van der Waals surface area contributed by atoms with Crippen molar-refractivity contribution in [2.75, 3.05) is 0 Å². The molecule has 50 valence electrons. The smallest absolute Gasteiger partial charge is 0.200 e. The Morgan fingerprint density at radius 3 is 2.70 bits per heavy atom. The molecule has 0 atom stereocenters. The monoisotopic (exact) mass is 154 g/mol. The Bertz CT molecular complexity index is 290. The van der Waals surface area contributed by atoms with E-state index in [1.54, 1.807) is 13.0 Å². The van der Waals surface area contributed by atoms with Gasteiger partial charge in [0.15, 0.2) is 10.8 Å². The van der Waals surface area contributed by atoms with Crippen molar-refractivity contribution in [3.05, 3.63) is 16.7 Å². The number of nitrogens with zero attached hydrogens (tertiary/aromatic N) is 4. The topological polar surface area (TPSA) is 62.5 Å². The fourth-order valence-electron chi connectivity index (χ4n) is 0.449. The van der Waals surface area contributed by atoms with Gasteiger partial charge >= 0.3 is 0 Å². The molecule has 1 rings (SSSR count). The normalized spacial score (nSPS) is 8.90. The summed E-state index contributed by atoms with van der Waals surface area (Å²) in [4.78, 5) is 3.71. The quantitative estimate of drug-likeness (QED) is 0.552. The van der Waals surface area contributed by atoms with Gasteiger partial charge in [-0.15, -0.1) is 10.2 Å². The first-order chi connectivity index (χ1) is 4.74. The third-order valence-corrected chi connectivity index (χ3v) is 1.12. The molecule has 0 bridgehead atoms. The van der Waals surface area contributed by atoms with Crippen LogP contribution in [0.1, 0.15) is 11.5 Å². The van der Waals surface area contributed by atoms with Crippen LogP contribution >= 0.6 is 11.6 Å². The molecule has 0 aliphatic carbocycles. The second kappa shape index (κ2) is 2.58. The van der Waals surface area contributed by atoms with Crippen molar-refractivity contribution >= 4 is 11.6 Å². The third-order valence-electron chi connectivity index (χ3n) is 0.856. The molecule has 0 saturated heterocycles. The van der Waals surface area contributed by atoms with Crippen LogP contribution in [0.4, 0.5) is 0 Å². The van der Waals surface area contributed by atoms with Crippen LogP contribution < -0.4 is 0 Å². The molecule has 10 heavy (non-hydrogen) atoms. The lowest BCUT2D eigenvalue weighted by Crippen LogP contribution is -1.95. The number of aryl methyl sites for hydroxylation is 1. The summed E-state index contributed by atoms with van der Waals surface area (Å²) in [5.41, 5.74) is 0.0623. The van der Waals surface area contributed by atoms with Crippen LogP contribution in [0, 0.1) is 18.3 Å². The van der Waals surface area contributed by atoms with E-state index >= 15 is 0 Å². The highest BCUT2D eigenvalue weighted by atomic mass is 35.5. The van der Waals surface area contributed by atoms with Crippen LogP contribution in [0.15, 0.2) is 0 Å². The Kier molecular flexibility index (Phi) is 1.78. The molecule has 1 aromatic rings. The van der Waals surface area contributed by atoms with Crippen molar-refractivity contribution in [3.63, 3.8) is 0 Å². The van der Waals surface area contributed by atoms with Gasteiger partial charge in [0.2, 0.25) is 0 Å². The molecule has 4 nitrogen and oxygen atoms in total. The summed E-state index contributed by atoms with van der Waals surface area (Å²) in [6.45, 7) is 1.65. The number of hydrogen-bond acceptors (Lipinski definition) is 4. The summed E-state index contributed by atoms with van der Waals surface area (Å²) in [5.74, 6) is 0.462. The van der Waals surface area contributed by atoms with Crippen LogP contribution in [0.3, 0.4) is 0 Å². The van der Waals surface area contributed by atoms with E-state index in [0.717, 1.165) is 0 Å². The maximum Gasteiger partial charge on any atom is 0.200 e. The van der Waals surface area contributed by atoms with Crippen molar-refractivity contribution in [3.8, 4) is 6.07 Å². The van der Waals surface area contributed by atoms with Gasteiger partial charge in [-0.1, -0.05) is 11.6 Å². The maximum absolute atomic E-state index is 8.33. The van der Waals surface area contributed by atoms with E-state index in [2.05, 4.69) is 15.2 Å². The summed E-state index contributed by atoms with van der Waals surface area (Å²) in [6, 6.07) is 1.75. The van der Waals surface area contributed by atoms with Crippen LogP contribution in [0.2, 0.25) is 5.15 Å². The minimum Gasteiger partial charge on any atom is -0.216 e. The first-order valence-corrected chi connectivity index (χ1v) is 2.88. The summed E-state index contributed by atoms with van der Waals surface area (Å²) in [6.07, 6.45) is 0. The largest absolute Gasteiger partial charge is 0.216 e. The third kappa shape index (κ3) is 1.20. The van der Waals surface area contributed by atoms with Crippen molar-refractivity contribution in [2.24, 2.45) is 0 Å². The molecule has 5 heteroatoms. The van der Waals surface area contributed by atoms with Gasteiger partial charge in [-0.25, -0.2) is 4.98 Å². The fourth-order valence-corrected chi connectivity index (χ4v) is 0.652. The van der Waals surface area contributed by atoms with Gasteiger partial charge in [-0.3, -0.25) is 0 Å². The highest BCUT2D eigenvalue weighted by molar-refractivity contribution is 6.30. The predicted molar refractivity (Wildman–Crippen MR) is 34.3 cm³/mol. The van der Waals surface area contributed by atoms with Gasteiger partial charge in [0.05, 0.1) is 0 Å². The lowest BCUT2D eigenvalue weighted by Gasteiger charge is -1.90. The molecular formula is C5H3ClN4. The lowest BCUT2D eigenvalue weighted by atomic mass is 10.5. The second-order valence-corrected chi connectivity index (χ2v) is 1.97. The first-order valence-electron chi connectivity index (χ1n) is 2.51. The number of aromatic nitrogens is 3. The molecule has 0 aliphatic rings. The van der Waals surface area contributed by atoms with Gasteiger partial charge in [0.25, 0.3) is 0 Å². The van der Waals surface area contributed by atoms with Gasteiger partial charge in [-0.05, 0) is 6.92 Å². The Morgan fingerprint density at radius 1 is 1.50 bits per heavy atom. The van der Waals surface area contributed by atoms with E-state index in [-0.39, 0.29) is 10.8 Å². The maximum atomic E-state index is 8.33. The van der Waals surface area contributed by atoms with Crippen LogP contribution in [-0.2, 0) is 0 Å². The van der Waals surface area contributed by atoms with Gasteiger partial charge in [-0.2, -0.15) is 5.26 Å². The Balaban J connectivity index is 3.23. The van der Waals surface area contributed by atoms with Crippen molar-refractivity contribution < 1.29 is 0 Å². The molecule has 1 aromatic heterocycles. The molecule has 0 aliphatic heterocycles. The minimum absolute atomic E-state index is 0.0623. The molecule has 0 aromatic carbocycles. The highest BCUT2D eigenvalue weighted by Gasteiger charge is 2.01. The van der Waals surface area contributed by atoms with E-state index in [4.69, 9.17) is 16.9 Å². The van der Waals surface area contributed by atoms with Gasteiger partial charge < -0.3 is 0 Å². The molecule has 0 fully saturated rings. The van der Waals surface area contributed by atoms with Crippen molar-refractivity contribution in [2.45, 2.75) is 6.92 Å². The van der Waals surface area contributed by atoms with E-state index < -0.39 is 0 Å². The molecule has 0 saturated carbocycles.